The fourth-order valence-electron chi connectivity index (χ4n) is 1.41. The van der Waals surface area contributed by atoms with Crippen molar-refractivity contribution in [2.24, 2.45) is 7.05 Å². The molecule has 0 aromatic carbocycles. The van der Waals surface area contributed by atoms with Crippen molar-refractivity contribution in [3.63, 3.8) is 0 Å². The second-order valence-electron chi connectivity index (χ2n) is 3.49. The summed E-state index contributed by atoms with van der Waals surface area (Å²) in [5, 5.41) is 12.7. The van der Waals surface area contributed by atoms with Crippen LogP contribution >= 0.6 is 8.58 Å². The van der Waals surface area contributed by atoms with Gasteiger partial charge < -0.3 is 5.11 Å². The van der Waals surface area contributed by atoms with Crippen molar-refractivity contribution in [2.75, 3.05) is 6.16 Å². The van der Waals surface area contributed by atoms with Crippen molar-refractivity contribution in [3.05, 3.63) is 24.3 Å². The number of carboxylic acid groups (broad SMARTS) is 1. The maximum absolute atomic E-state index is 13.5. The van der Waals surface area contributed by atoms with Crippen LogP contribution in [-0.2, 0) is 11.8 Å². The molecule has 2 aromatic heterocycles. The van der Waals surface area contributed by atoms with E-state index >= 15 is 0 Å². The van der Waals surface area contributed by atoms with Crippen molar-refractivity contribution in [3.8, 4) is 11.4 Å². The van der Waals surface area contributed by atoms with Crippen molar-refractivity contribution < 1.29 is 14.3 Å². The van der Waals surface area contributed by atoms with Crippen LogP contribution in [0.1, 0.15) is 0 Å². The fraction of sp³-hybridized carbons (Fsp3) is 0.200. The van der Waals surface area contributed by atoms with Crippen LogP contribution in [0.4, 0.5) is 4.39 Å². The molecule has 1 atom stereocenters. The summed E-state index contributed by atoms with van der Waals surface area (Å²) in [6, 6.07) is 1.50. The van der Waals surface area contributed by atoms with Gasteiger partial charge in [-0.05, 0) is 14.6 Å². The van der Waals surface area contributed by atoms with Gasteiger partial charge in [0.05, 0.1) is 17.9 Å². The topological polar surface area (TPSA) is 80.9 Å². The van der Waals surface area contributed by atoms with E-state index in [0.717, 1.165) is 6.20 Å². The molecule has 2 aromatic rings. The highest BCUT2D eigenvalue weighted by Gasteiger charge is 2.13. The molecule has 0 radical (unpaired) electrons. The van der Waals surface area contributed by atoms with Crippen LogP contribution in [0.2, 0.25) is 0 Å². The molecule has 0 saturated carbocycles. The lowest BCUT2D eigenvalue weighted by Crippen LogP contribution is -2.07. The molecular weight excluding hydrogens is 258 g/mol. The van der Waals surface area contributed by atoms with E-state index in [0.29, 0.717) is 17.0 Å². The van der Waals surface area contributed by atoms with Gasteiger partial charge in [0.1, 0.15) is 0 Å². The summed E-state index contributed by atoms with van der Waals surface area (Å²) in [6.45, 7) is 0. The Kier molecular flexibility index (Phi) is 3.62. The summed E-state index contributed by atoms with van der Waals surface area (Å²) in [6.07, 6.45) is 2.54. The smallest absolute Gasteiger partial charge is 0.307 e. The van der Waals surface area contributed by atoms with Crippen molar-refractivity contribution in [1.82, 2.24) is 19.7 Å². The third kappa shape index (κ3) is 2.68. The van der Waals surface area contributed by atoms with Crippen LogP contribution < -0.4 is 5.57 Å². The van der Waals surface area contributed by atoms with Gasteiger partial charge in [0.15, 0.2) is 17.2 Å². The van der Waals surface area contributed by atoms with E-state index < -0.39 is 11.8 Å². The monoisotopic (exact) mass is 268 g/mol. The SMILES string of the molecule is Cn1nc(PCC(=O)O)nc1-c1ccncc1F. The molecule has 0 saturated heterocycles. The summed E-state index contributed by atoms with van der Waals surface area (Å²) in [4.78, 5) is 18.3. The molecule has 0 spiro atoms. The molecule has 0 aliphatic rings. The van der Waals surface area contributed by atoms with E-state index in [1.165, 1.54) is 16.9 Å². The number of hydrogen-bond donors (Lipinski definition) is 1. The predicted molar refractivity (Wildman–Crippen MR) is 64.6 cm³/mol. The molecule has 0 fully saturated rings. The van der Waals surface area contributed by atoms with E-state index in [4.69, 9.17) is 5.11 Å². The van der Waals surface area contributed by atoms with Crippen LogP contribution in [0.3, 0.4) is 0 Å². The van der Waals surface area contributed by atoms with Crippen LogP contribution in [0.5, 0.6) is 0 Å². The van der Waals surface area contributed by atoms with Crippen LogP contribution in [-0.4, -0.2) is 37.0 Å². The number of halogens is 1. The molecule has 0 bridgehead atoms. The number of carboxylic acids is 1. The molecular formula is C10H10FN4O2P. The lowest BCUT2D eigenvalue weighted by atomic mass is 10.2. The van der Waals surface area contributed by atoms with Crippen LogP contribution in [0.15, 0.2) is 18.5 Å². The standard InChI is InChI=1S/C10H10FN4O2P/c1-15-9(6-2-3-12-4-7(6)11)13-10(14-15)18-5-8(16)17/h2-4,18H,5H2,1H3,(H,16,17). The minimum absolute atomic E-state index is 0.0255. The molecule has 2 heterocycles. The Morgan fingerprint density at radius 2 is 2.39 bits per heavy atom. The largest absolute Gasteiger partial charge is 0.481 e. The molecule has 0 aliphatic carbocycles. The van der Waals surface area contributed by atoms with Gasteiger partial charge in [-0.3, -0.25) is 9.78 Å². The number of aryl methyl sites for hydroxylation is 1. The zero-order chi connectivity index (χ0) is 13.1. The number of rotatable bonds is 4. The number of carbonyl (C=O) groups is 1. The molecule has 1 N–H and O–H groups in total. The van der Waals surface area contributed by atoms with Gasteiger partial charge in [-0.1, -0.05) is 0 Å². The molecule has 94 valence electrons. The first-order valence-corrected chi connectivity index (χ1v) is 6.25. The zero-order valence-electron chi connectivity index (χ0n) is 9.46. The number of nitrogens with zero attached hydrogens (tertiary/aromatic N) is 4. The molecule has 0 amide bonds. The molecule has 6 nitrogen and oxygen atoms in total. The average molecular weight is 268 g/mol. The first-order valence-electron chi connectivity index (χ1n) is 5.04. The van der Waals surface area contributed by atoms with Gasteiger partial charge in [-0.2, -0.15) is 5.10 Å². The highest BCUT2D eigenvalue weighted by atomic mass is 31.1. The second-order valence-corrected chi connectivity index (χ2v) is 4.64. The average Bonchev–Trinajstić information content (AvgIpc) is 2.69. The first kappa shape index (κ1) is 12.6. The number of aromatic nitrogens is 4. The Morgan fingerprint density at radius 3 is 3.06 bits per heavy atom. The highest BCUT2D eigenvalue weighted by Crippen LogP contribution is 2.19. The highest BCUT2D eigenvalue weighted by molar-refractivity contribution is 7.47. The van der Waals surface area contributed by atoms with Crippen LogP contribution in [0.25, 0.3) is 11.4 Å². The third-order valence-electron chi connectivity index (χ3n) is 2.17. The van der Waals surface area contributed by atoms with Crippen molar-refractivity contribution in [2.45, 2.75) is 0 Å². The van der Waals surface area contributed by atoms with Gasteiger partial charge in [0, 0.05) is 13.2 Å². The minimum Gasteiger partial charge on any atom is -0.481 e. The maximum Gasteiger partial charge on any atom is 0.307 e. The first-order chi connectivity index (χ1) is 8.58. The van der Waals surface area contributed by atoms with Gasteiger partial charge in [0.2, 0.25) is 0 Å². The van der Waals surface area contributed by atoms with Crippen molar-refractivity contribution >= 4 is 20.1 Å². The number of pyridine rings is 1. The van der Waals surface area contributed by atoms with Crippen molar-refractivity contribution in [1.29, 1.82) is 0 Å². The molecule has 1 unspecified atom stereocenters. The molecule has 0 aliphatic heterocycles. The summed E-state index contributed by atoms with van der Waals surface area (Å²) >= 11 is 0. The number of hydrogen-bond acceptors (Lipinski definition) is 4. The van der Waals surface area contributed by atoms with Gasteiger partial charge >= 0.3 is 5.97 Å². The third-order valence-corrected chi connectivity index (χ3v) is 3.18. The summed E-state index contributed by atoms with van der Waals surface area (Å²) in [5.41, 5.74) is 0.706. The maximum atomic E-state index is 13.5. The van der Waals surface area contributed by atoms with Gasteiger partial charge in [0.25, 0.3) is 0 Å². The second kappa shape index (κ2) is 5.18. The molecule has 2 rings (SSSR count). The van der Waals surface area contributed by atoms with Gasteiger partial charge in [-0.15, -0.1) is 0 Å². The molecule has 8 heteroatoms. The minimum atomic E-state index is -0.905. The molecule has 18 heavy (non-hydrogen) atoms. The summed E-state index contributed by atoms with van der Waals surface area (Å²) in [7, 11) is 1.60. The fourth-order valence-corrected chi connectivity index (χ4v) is 2.12. The Hall–Kier alpha value is -1.88. The summed E-state index contributed by atoms with van der Waals surface area (Å²) < 4.78 is 15.0. The van der Waals surface area contributed by atoms with Crippen LogP contribution in [0, 0.1) is 5.82 Å². The van der Waals surface area contributed by atoms with E-state index in [2.05, 4.69) is 15.1 Å². The quantitative estimate of drug-likeness (QED) is 0.812. The number of aliphatic carboxylic acids is 1. The normalized spacial score (nSPS) is 11.2. The van der Waals surface area contributed by atoms with E-state index in [-0.39, 0.29) is 14.7 Å². The summed E-state index contributed by atoms with van der Waals surface area (Å²) in [5.74, 6) is -1.03. The Morgan fingerprint density at radius 1 is 1.61 bits per heavy atom. The zero-order valence-corrected chi connectivity index (χ0v) is 10.5. The Bertz CT molecular complexity index is 587. The Balaban J connectivity index is 2.30. The lowest BCUT2D eigenvalue weighted by Gasteiger charge is -1.99. The lowest BCUT2D eigenvalue weighted by molar-refractivity contribution is -0.133. The van der Waals surface area contributed by atoms with E-state index in [9.17, 15) is 9.18 Å². The van der Waals surface area contributed by atoms with E-state index in [1.807, 2.05) is 0 Å². The van der Waals surface area contributed by atoms with Gasteiger partial charge in [-0.25, -0.2) is 14.1 Å². The Labute approximate surface area is 104 Å². The van der Waals surface area contributed by atoms with E-state index in [1.54, 1.807) is 7.05 Å². The predicted octanol–water partition coefficient (Wildman–Crippen LogP) is 0.405.